The number of hydrogen-bond acceptors (Lipinski definition) is 2. The number of halogens is 1. The van der Waals surface area contributed by atoms with Crippen LogP contribution in [0.3, 0.4) is 0 Å². The molecule has 2 aromatic carbocycles. The van der Waals surface area contributed by atoms with Crippen molar-refractivity contribution in [3.05, 3.63) is 64.7 Å². The highest BCUT2D eigenvalue weighted by molar-refractivity contribution is 6.33. The molecule has 1 saturated heterocycles. The van der Waals surface area contributed by atoms with E-state index in [-0.39, 0.29) is 5.91 Å². The van der Waals surface area contributed by atoms with E-state index in [2.05, 4.69) is 36.1 Å². The molecule has 24 heavy (non-hydrogen) atoms. The van der Waals surface area contributed by atoms with Gasteiger partial charge in [-0.1, -0.05) is 53.6 Å². The van der Waals surface area contributed by atoms with E-state index in [1.165, 1.54) is 11.1 Å². The van der Waals surface area contributed by atoms with Crippen LogP contribution in [0, 0.1) is 6.92 Å². The van der Waals surface area contributed by atoms with Gasteiger partial charge in [-0.25, -0.2) is 0 Å². The molecule has 0 aromatic heterocycles. The Balaban J connectivity index is 1.51. The van der Waals surface area contributed by atoms with Gasteiger partial charge >= 0.3 is 0 Å². The zero-order valence-corrected chi connectivity index (χ0v) is 14.8. The summed E-state index contributed by atoms with van der Waals surface area (Å²) < 4.78 is 0. The zero-order chi connectivity index (χ0) is 16.9. The van der Waals surface area contributed by atoms with Crippen LogP contribution in [0.5, 0.6) is 0 Å². The Bertz CT molecular complexity index is 708. The van der Waals surface area contributed by atoms with E-state index in [0.717, 1.165) is 43.3 Å². The first-order chi connectivity index (χ1) is 11.6. The van der Waals surface area contributed by atoms with Gasteiger partial charge in [0.25, 0.3) is 0 Å². The van der Waals surface area contributed by atoms with Crippen LogP contribution in [0.4, 0.5) is 5.69 Å². The maximum atomic E-state index is 12.4. The average Bonchev–Trinajstić information content (AvgIpc) is 2.60. The topological polar surface area (TPSA) is 23.6 Å². The summed E-state index contributed by atoms with van der Waals surface area (Å²) >= 11 is 6.26. The third-order valence-corrected chi connectivity index (χ3v) is 4.86. The molecule has 0 atom stereocenters. The number of rotatable bonds is 4. The van der Waals surface area contributed by atoms with Gasteiger partial charge in [-0.05, 0) is 31.0 Å². The van der Waals surface area contributed by atoms with Crippen molar-refractivity contribution >= 4 is 23.2 Å². The van der Waals surface area contributed by atoms with E-state index in [4.69, 9.17) is 11.6 Å². The predicted octanol–water partition coefficient (Wildman–Crippen LogP) is 3.93. The predicted molar refractivity (Wildman–Crippen MR) is 99.7 cm³/mol. The van der Waals surface area contributed by atoms with Crippen molar-refractivity contribution in [2.24, 2.45) is 0 Å². The fourth-order valence-electron chi connectivity index (χ4n) is 3.18. The molecule has 126 valence electrons. The number of carbonyl (C=O) groups is 1. The monoisotopic (exact) mass is 342 g/mol. The molecule has 0 bridgehead atoms. The molecule has 0 radical (unpaired) electrons. The summed E-state index contributed by atoms with van der Waals surface area (Å²) in [4.78, 5) is 16.7. The highest BCUT2D eigenvalue weighted by atomic mass is 35.5. The average molecular weight is 343 g/mol. The Kier molecular flexibility index (Phi) is 5.41. The van der Waals surface area contributed by atoms with Crippen LogP contribution in [-0.2, 0) is 11.2 Å². The highest BCUT2D eigenvalue weighted by Gasteiger charge is 2.21. The van der Waals surface area contributed by atoms with Crippen LogP contribution in [0.2, 0.25) is 5.02 Å². The third kappa shape index (κ3) is 4.09. The Morgan fingerprint density at radius 3 is 2.50 bits per heavy atom. The summed E-state index contributed by atoms with van der Waals surface area (Å²) in [6.45, 7) is 5.27. The summed E-state index contributed by atoms with van der Waals surface area (Å²) in [7, 11) is 0. The van der Waals surface area contributed by atoms with Crippen molar-refractivity contribution < 1.29 is 4.79 Å². The standard InChI is InChI=1S/C20H23ClN2O/c1-16-5-4-6-17(15-16)9-10-20(24)23-13-11-22(12-14-23)19-8-3-2-7-18(19)21/h2-8,15H,9-14H2,1H3. The van der Waals surface area contributed by atoms with E-state index >= 15 is 0 Å². The molecule has 4 heteroatoms. The Morgan fingerprint density at radius 2 is 1.79 bits per heavy atom. The Labute approximate surface area is 148 Å². The smallest absolute Gasteiger partial charge is 0.223 e. The maximum absolute atomic E-state index is 12.4. The first-order valence-electron chi connectivity index (χ1n) is 8.46. The summed E-state index contributed by atoms with van der Waals surface area (Å²) in [5.41, 5.74) is 3.54. The van der Waals surface area contributed by atoms with Crippen LogP contribution in [0.1, 0.15) is 17.5 Å². The van der Waals surface area contributed by atoms with Crippen molar-refractivity contribution in [3.63, 3.8) is 0 Å². The molecule has 1 fully saturated rings. The summed E-state index contributed by atoms with van der Waals surface area (Å²) in [6, 6.07) is 16.3. The van der Waals surface area contributed by atoms with Gasteiger partial charge in [0.15, 0.2) is 0 Å². The number of hydrogen-bond donors (Lipinski definition) is 0. The molecule has 0 saturated carbocycles. The number of carbonyl (C=O) groups excluding carboxylic acids is 1. The largest absolute Gasteiger partial charge is 0.367 e. The second kappa shape index (κ2) is 7.71. The van der Waals surface area contributed by atoms with Gasteiger partial charge < -0.3 is 9.80 Å². The minimum atomic E-state index is 0.246. The lowest BCUT2D eigenvalue weighted by atomic mass is 10.1. The van der Waals surface area contributed by atoms with E-state index in [0.29, 0.717) is 6.42 Å². The van der Waals surface area contributed by atoms with Gasteiger partial charge in [0.2, 0.25) is 5.91 Å². The van der Waals surface area contributed by atoms with Gasteiger partial charge in [0, 0.05) is 32.6 Å². The first kappa shape index (κ1) is 16.8. The number of aryl methyl sites for hydroxylation is 2. The maximum Gasteiger partial charge on any atom is 0.223 e. The molecule has 2 aromatic rings. The molecule has 1 amide bonds. The molecular weight excluding hydrogens is 320 g/mol. The Morgan fingerprint density at radius 1 is 1.04 bits per heavy atom. The van der Waals surface area contributed by atoms with E-state index in [9.17, 15) is 4.79 Å². The Hall–Kier alpha value is -2.00. The van der Waals surface area contributed by atoms with Crippen molar-refractivity contribution in [1.29, 1.82) is 0 Å². The van der Waals surface area contributed by atoms with Crippen LogP contribution >= 0.6 is 11.6 Å². The molecule has 0 aliphatic carbocycles. The van der Waals surface area contributed by atoms with Crippen LogP contribution in [-0.4, -0.2) is 37.0 Å². The third-order valence-electron chi connectivity index (χ3n) is 4.54. The minimum absolute atomic E-state index is 0.246. The van der Waals surface area contributed by atoms with Gasteiger partial charge in [0.05, 0.1) is 10.7 Å². The summed E-state index contributed by atoms with van der Waals surface area (Å²) in [6.07, 6.45) is 1.39. The minimum Gasteiger partial charge on any atom is -0.367 e. The molecule has 0 N–H and O–H groups in total. The van der Waals surface area contributed by atoms with Gasteiger partial charge in [-0.15, -0.1) is 0 Å². The lowest BCUT2D eigenvalue weighted by molar-refractivity contribution is -0.131. The normalized spacial score (nSPS) is 14.8. The van der Waals surface area contributed by atoms with E-state index in [1.807, 2.05) is 29.2 Å². The number of amides is 1. The van der Waals surface area contributed by atoms with Gasteiger partial charge in [0.1, 0.15) is 0 Å². The van der Waals surface area contributed by atoms with Crippen LogP contribution < -0.4 is 4.90 Å². The molecular formula is C20H23ClN2O. The lowest BCUT2D eigenvalue weighted by Crippen LogP contribution is -2.48. The molecule has 0 unspecified atom stereocenters. The summed E-state index contributed by atoms with van der Waals surface area (Å²) in [5.74, 6) is 0.246. The van der Waals surface area contributed by atoms with Gasteiger partial charge in [-0.3, -0.25) is 4.79 Å². The van der Waals surface area contributed by atoms with Crippen LogP contribution in [0.25, 0.3) is 0 Å². The van der Waals surface area contributed by atoms with Crippen LogP contribution in [0.15, 0.2) is 48.5 Å². The fourth-order valence-corrected chi connectivity index (χ4v) is 3.44. The van der Waals surface area contributed by atoms with Gasteiger partial charge in [-0.2, -0.15) is 0 Å². The first-order valence-corrected chi connectivity index (χ1v) is 8.84. The molecule has 1 heterocycles. The lowest BCUT2D eigenvalue weighted by Gasteiger charge is -2.36. The number of anilines is 1. The second-order valence-electron chi connectivity index (χ2n) is 6.31. The number of para-hydroxylation sites is 1. The zero-order valence-electron chi connectivity index (χ0n) is 14.0. The van der Waals surface area contributed by atoms with E-state index in [1.54, 1.807) is 0 Å². The van der Waals surface area contributed by atoms with Crippen molar-refractivity contribution in [3.8, 4) is 0 Å². The van der Waals surface area contributed by atoms with Crippen molar-refractivity contribution in [2.75, 3.05) is 31.1 Å². The molecule has 1 aliphatic rings. The summed E-state index contributed by atoms with van der Waals surface area (Å²) in [5, 5.41) is 0.775. The molecule has 1 aliphatic heterocycles. The SMILES string of the molecule is Cc1cccc(CCC(=O)N2CCN(c3ccccc3Cl)CC2)c1. The van der Waals surface area contributed by atoms with Crippen molar-refractivity contribution in [2.45, 2.75) is 19.8 Å². The molecule has 3 nitrogen and oxygen atoms in total. The molecule has 3 rings (SSSR count). The number of benzene rings is 2. The quantitative estimate of drug-likeness (QED) is 0.840. The molecule has 0 spiro atoms. The second-order valence-corrected chi connectivity index (χ2v) is 6.72. The number of nitrogens with zero attached hydrogens (tertiary/aromatic N) is 2. The highest BCUT2D eigenvalue weighted by Crippen LogP contribution is 2.26. The number of piperazine rings is 1. The van der Waals surface area contributed by atoms with Crippen molar-refractivity contribution in [1.82, 2.24) is 4.90 Å². The fraction of sp³-hybridized carbons (Fsp3) is 0.350. The van der Waals surface area contributed by atoms with E-state index < -0.39 is 0 Å².